The summed E-state index contributed by atoms with van der Waals surface area (Å²) in [6.45, 7) is 0. The van der Waals surface area contributed by atoms with Gasteiger partial charge in [0.1, 0.15) is 5.75 Å². The molecule has 27 heavy (non-hydrogen) atoms. The smallest absolute Gasteiger partial charge is 0.312 e. The topological polar surface area (TPSA) is 97.9 Å². The number of para-hydroxylation sites is 1. The second kappa shape index (κ2) is 6.35. The maximum Gasteiger partial charge on any atom is 0.312 e. The molecule has 2 N–H and O–H groups in total. The van der Waals surface area contributed by atoms with Crippen molar-refractivity contribution in [3.63, 3.8) is 0 Å². The van der Waals surface area contributed by atoms with E-state index in [0.29, 0.717) is 22.0 Å². The number of fused-ring (bicyclic) bond motifs is 3. The molecule has 7 heteroatoms. The van der Waals surface area contributed by atoms with Gasteiger partial charge in [0.25, 0.3) is 5.56 Å². The second-order valence-electron chi connectivity index (χ2n) is 6.25. The molecule has 0 bridgehead atoms. The third-order valence-electron chi connectivity index (χ3n) is 4.75. The van der Waals surface area contributed by atoms with Gasteiger partial charge < -0.3 is 24.3 Å². The molecule has 0 amide bonds. The van der Waals surface area contributed by atoms with Gasteiger partial charge in [0.05, 0.1) is 31.7 Å². The molecule has 4 rings (SSSR count). The Bertz CT molecular complexity index is 1090. The van der Waals surface area contributed by atoms with Gasteiger partial charge in [0.2, 0.25) is 5.75 Å². The van der Waals surface area contributed by atoms with Crippen LogP contribution in [0.25, 0.3) is 10.9 Å². The van der Waals surface area contributed by atoms with Crippen molar-refractivity contribution in [1.82, 2.24) is 4.98 Å². The lowest BCUT2D eigenvalue weighted by atomic mass is 9.86. The lowest BCUT2D eigenvalue weighted by Gasteiger charge is -2.25. The van der Waals surface area contributed by atoms with Crippen LogP contribution in [0, 0.1) is 0 Å². The van der Waals surface area contributed by atoms with Crippen molar-refractivity contribution in [2.75, 3.05) is 14.2 Å². The highest BCUT2D eigenvalue weighted by atomic mass is 16.5. The van der Waals surface area contributed by atoms with Gasteiger partial charge in [-0.05, 0) is 29.8 Å². The summed E-state index contributed by atoms with van der Waals surface area (Å²) in [6.07, 6.45) is -0.00843. The first-order chi connectivity index (χ1) is 13.0. The van der Waals surface area contributed by atoms with Gasteiger partial charge in [-0.25, -0.2) is 0 Å². The summed E-state index contributed by atoms with van der Waals surface area (Å²) in [5.41, 5.74) is 1.24. The number of rotatable bonds is 3. The number of phenolic OH excluding ortho intramolecular Hbond substituents is 1. The number of hydrogen-bond acceptors (Lipinski definition) is 6. The molecule has 7 nitrogen and oxygen atoms in total. The summed E-state index contributed by atoms with van der Waals surface area (Å²) in [7, 11) is 2.84. The lowest BCUT2D eigenvalue weighted by molar-refractivity contribution is -0.135. The average Bonchev–Trinajstić information content (AvgIpc) is 2.67. The normalized spacial score (nSPS) is 15.9. The minimum Gasteiger partial charge on any atom is -0.502 e. The molecule has 1 aliphatic heterocycles. The van der Waals surface area contributed by atoms with Gasteiger partial charge in [0.15, 0.2) is 11.5 Å². The van der Waals surface area contributed by atoms with Gasteiger partial charge in [-0.15, -0.1) is 0 Å². The first-order valence-corrected chi connectivity index (χ1v) is 8.34. The number of aromatic hydroxyl groups is 1. The predicted molar refractivity (Wildman–Crippen MR) is 97.9 cm³/mol. The van der Waals surface area contributed by atoms with Crippen molar-refractivity contribution in [1.29, 1.82) is 0 Å². The van der Waals surface area contributed by atoms with Crippen LogP contribution in [0.1, 0.15) is 23.5 Å². The van der Waals surface area contributed by atoms with Crippen LogP contribution < -0.4 is 19.8 Å². The van der Waals surface area contributed by atoms with E-state index in [1.54, 1.807) is 30.3 Å². The Labute approximate surface area is 154 Å². The van der Waals surface area contributed by atoms with E-state index < -0.39 is 11.9 Å². The third kappa shape index (κ3) is 2.68. The van der Waals surface area contributed by atoms with Crippen LogP contribution in [0.3, 0.4) is 0 Å². The van der Waals surface area contributed by atoms with E-state index in [1.165, 1.54) is 14.2 Å². The number of methoxy groups -OCH3 is 2. The number of carbonyl (C=O) groups excluding carboxylic acids is 1. The number of hydrogen-bond donors (Lipinski definition) is 2. The first-order valence-electron chi connectivity index (χ1n) is 8.34. The highest BCUT2D eigenvalue weighted by molar-refractivity contribution is 5.91. The quantitative estimate of drug-likeness (QED) is 0.691. The zero-order chi connectivity index (χ0) is 19.1. The predicted octanol–water partition coefficient (Wildman–Crippen LogP) is 2.69. The highest BCUT2D eigenvalue weighted by Gasteiger charge is 2.33. The average molecular weight is 367 g/mol. The highest BCUT2D eigenvalue weighted by Crippen LogP contribution is 2.45. The van der Waals surface area contributed by atoms with Gasteiger partial charge >= 0.3 is 5.97 Å². The van der Waals surface area contributed by atoms with Crippen molar-refractivity contribution in [2.45, 2.75) is 12.3 Å². The number of nitrogens with one attached hydrogen (secondary N) is 1. The van der Waals surface area contributed by atoms with Crippen molar-refractivity contribution < 1.29 is 24.1 Å². The SMILES string of the molecule is COc1cc([C@H]2CC(=O)Oc3c2c(=O)[nH]c2ccccc32)cc(OC)c1O. The minimum absolute atomic E-state index is 0.00843. The zero-order valence-electron chi connectivity index (χ0n) is 14.7. The summed E-state index contributed by atoms with van der Waals surface area (Å²) in [6, 6.07) is 10.3. The molecule has 0 unspecified atom stereocenters. The summed E-state index contributed by atoms with van der Waals surface area (Å²) < 4.78 is 15.8. The van der Waals surface area contributed by atoms with Gasteiger partial charge in [-0.3, -0.25) is 9.59 Å². The molecule has 0 spiro atoms. The standard InChI is InChI=1S/C20H17NO6/c1-25-14-7-10(8-15(26-2)18(14)23)12-9-16(22)27-19-11-5-3-4-6-13(11)21-20(24)17(12)19/h3-8,12,23H,9H2,1-2H3,(H,21,24)/t12-/m1/s1. The number of H-pyrrole nitrogens is 1. The molecule has 0 aliphatic carbocycles. The maximum absolute atomic E-state index is 12.8. The van der Waals surface area contributed by atoms with E-state index >= 15 is 0 Å². The van der Waals surface area contributed by atoms with Crippen LogP contribution >= 0.6 is 0 Å². The van der Waals surface area contributed by atoms with E-state index in [0.717, 1.165) is 0 Å². The number of phenols is 1. The number of esters is 1. The molecule has 2 heterocycles. The van der Waals surface area contributed by atoms with Crippen molar-refractivity contribution >= 4 is 16.9 Å². The fourth-order valence-electron chi connectivity index (χ4n) is 3.48. The van der Waals surface area contributed by atoms with Crippen molar-refractivity contribution in [3.8, 4) is 23.0 Å². The molecule has 0 saturated heterocycles. The second-order valence-corrected chi connectivity index (χ2v) is 6.25. The van der Waals surface area contributed by atoms with E-state index in [1.807, 2.05) is 6.07 Å². The third-order valence-corrected chi connectivity index (χ3v) is 4.75. The minimum atomic E-state index is -0.557. The molecule has 1 aromatic heterocycles. The van der Waals surface area contributed by atoms with Gasteiger partial charge in [-0.1, -0.05) is 12.1 Å². The van der Waals surface area contributed by atoms with Crippen LogP contribution in [0.15, 0.2) is 41.2 Å². The molecule has 1 aliphatic rings. The Morgan fingerprint density at radius 1 is 1.11 bits per heavy atom. The molecule has 0 saturated carbocycles. The summed E-state index contributed by atoms with van der Waals surface area (Å²) in [5.74, 6) is -0.479. The Hall–Kier alpha value is -3.48. The lowest BCUT2D eigenvalue weighted by Crippen LogP contribution is -2.28. The largest absolute Gasteiger partial charge is 0.502 e. The molecule has 138 valence electrons. The van der Waals surface area contributed by atoms with Crippen LogP contribution in [-0.4, -0.2) is 30.3 Å². The maximum atomic E-state index is 12.8. The van der Waals surface area contributed by atoms with E-state index in [-0.39, 0.29) is 35.0 Å². The number of aromatic amines is 1. The molecule has 0 fully saturated rings. The van der Waals surface area contributed by atoms with Crippen LogP contribution in [0.5, 0.6) is 23.0 Å². The Kier molecular flexibility index (Phi) is 3.99. The molecule has 0 radical (unpaired) electrons. The number of benzene rings is 2. The Morgan fingerprint density at radius 3 is 2.44 bits per heavy atom. The molecule has 2 aromatic carbocycles. The Balaban J connectivity index is 1.99. The number of ether oxygens (including phenoxy) is 3. The van der Waals surface area contributed by atoms with Crippen molar-refractivity contribution in [2.24, 2.45) is 0 Å². The van der Waals surface area contributed by atoms with Crippen molar-refractivity contribution in [3.05, 3.63) is 57.9 Å². The number of pyridine rings is 1. The fourth-order valence-corrected chi connectivity index (χ4v) is 3.48. The monoisotopic (exact) mass is 367 g/mol. The van der Waals surface area contributed by atoms with Gasteiger partial charge in [-0.2, -0.15) is 0 Å². The first kappa shape index (κ1) is 17.0. The summed E-state index contributed by atoms with van der Waals surface area (Å²) in [5, 5.41) is 10.8. The molecule has 1 atom stereocenters. The van der Waals surface area contributed by atoms with E-state index in [9.17, 15) is 14.7 Å². The molecular weight excluding hydrogens is 350 g/mol. The molecule has 3 aromatic rings. The molecular formula is C20H17NO6. The van der Waals surface area contributed by atoms with Crippen LogP contribution in [0.2, 0.25) is 0 Å². The van der Waals surface area contributed by atoms with Crippen LogP contribution in [0.4, 0.5) is 0 Å². The number of aromatic nitrogens is 1. The summed E-state index contributed by atoms with van der Waals surface area (Å²) >= 11 is 0. The van der Waals surface area contributed by atoms with Crippen LogP contribution in [-0.2, 0) is 4.79 Å². The zero-order valence-corrected chi connectivity index (χ0v) is 14.7. The van der Waals surface area contributed by atoms with Gasteiger partial charge in [0, 0.05) is 11.3 Å². The van der Waals surface area contributed by atoms with E-state index in [4.69, 9.17) is 14.2 Å². The summed E-state index contributed by atoms with van der Waals surface area (Å²) in [4.78, 5) is 27.9. The number of carbonyl (C=O) groups is 1. The van der Waals surface area contributed by atoms with E-state index in [2.05, 4.69) is 4.98 Å². The fraction of sp³-hybridized carbons (Fsp3) is 0.200. The Morgan fingerprint density at radius 2 is 1.78 bits per heavy atom.